The quantitative estimate of drug-likeness (QED) is 0.168. The second kappa shape index (κ2) is 14.2. The molecule has 294 valence electrons. The number of rotatable bonds is 6. The Kier molecular flexibility index (Phi) is 8.01. The van der Waals surface area contributed by atoms with Gasteiger partial charge in [0.2, 0.25) is 5.95 Å². The van der Waals surface area contributed by atoms with Crippen LogP contribution in [0, 0.1) is 0 Å². The molecule has 0 fully saturated rings. The monoisotopic (exact) mass is 821 g/mol. The zero-order chi connectivity index (χ0) is 41.4. The van der Waals surface area contributed by atoms with Gasteiger partial charge >= 0.3 is 0 Å². The maximum absolute atomic E-state index is 5.49. The number of hydrogen-bond donors (Lipinski definition) is 0. The Balaban J connectivity index is 1.15. The van der Waals surface area contributed by atoms with Crippen molar-refractivity contribution in [3.05, 3.63) is 212 Å². The lowest BCUT2D eigenvalue weighted by molar-refractivity contribution is 0.954. The Morgan fingerprint density at radius 1 is 0.333 bits per heavy atom. The first kappa shape index (κ1) is 35.6. The van der Waals surface area contributed by atoms with Crippen LogP contribution in [-0.2, 0) is 0 Å². The summed E-state index contributed by atoms with van der Waals surface area (Å²) >= 11 is 1.79. The summed E-state index contributed by atoms with van der Waals surface area (Å²) in [7, 11) is 0. The van der Waals surface area contributed by atoms with Gasteiger partial charge in [0, 0.05) is 58.5 Å². The molecule has 4 heterocycles. The third-order valence-electron chi connectivity index (χ3n) is 12.4. The van der Waals surface area contributed by atoms with E-state index in [1.54, 1.807) is 11.3 Å². The van der Waals surface area contributed by atoms with E-state index in [9.17, 15) is 0 Å². The van der Waals surface area contributed by atoms with E-state index in [-0.39, 0.29) is 0 Å². The van der Waals surface area contributed by atoms with Crippen LogP contribution in [0.4, 0.5) is 0 Å². The molecule has 0 spiro atoms. The highest BCUT2D eigenvalue weighted by Gasteiger charge is 2.24. The van der Waals surface area contributed by atoms with Crippen LogP contribution in [-0.4, -0.2) is 24.1 Å². The Labute approximate surface area is 366 Å². The zero-order valence-corrected chi connectivity index (χ0v) is 34.7. The maximum atomic E-state index is 5.49. The first-order valence-electron chi connectivity index (χ1n) is 21.2. The summed E-state index contributed by atoms with van der Waals surface area (Å²) in [6, 6.07) is 75.6. The van der Waals surface area contributed by atoms with E-state index in [1.807, 2.05) is 18.2 Å². The molecule has 4 aromatic heterocycles. The molecule has 0 amide bonds. The number of para-hydroxylation sites is 2. The van der Waals surface area contributed by atoms with Crippen molar-refractivity contribution in [3.8, 4) is 56.7 Å². The van der Waals surface area contributed by atoms with Gasteiger partial charge in [-0.05, 0) is 58.7 Å². The highest BCUT2D eigenvalue weighted by atomic mass is 32.1. The molecule has 0 aliphatic heterocycles. The van der Waals surface area contributed by atoms with E-state index in [2.05, 4.69) is 203 Å². The first-order valence-corrected chi connectivity index (χ1v) is 22.0. The maximum Gasteiger partial charge on any atom is 0.238 e. The Morgan fingerprint density at radius 3 is 1.57 bits per heavy atom. The molecule has 5 nitrogen and oxygen atoms in total. The molecule has 0 atom stereocenters. The van der Waals surface area contributed by atoms with E-state index in [0.717, 1.165) is 65.3 Å². The molecule has 0 bridgehead atoms. The molecule has 0 saturated heterocycles. The largest absolute Gasteiger partial charge is 0.307 e. The lowest BCUT2D eigenvalue weighted by atomic mass is 9.94. The minimum absolute atomic E-state index is 0.567. The molecule has 13 aromatic rings. The van der Waals surface area contributed by atoms with E-state index in [1.165, 1.54) is 37.5 Å². The average Bonchev–Trinajstić information content (AvgIpc) is 4.03. The predicted molar refractivity (Wildman–Crippen MR) is 263 cm³/mol. The second-order valence-corrected chi connectivity index (χ2v) is 17.0. The van der Waals surface area contributed by atoms with Crippen LogP contribution in [0.3, 0.4) is 0 Å². The van der Waals surface area contributed by atoms with Gasteiger partial charge in [0.1, 0.15) is 0 Å². The third kappa shape index (κ3) is 5.59. The van der Waals surface area contributed by atoms with Crippen LogP contribution in [0.1, 0.15) is 0 Å². The summed E-state index contributed by atoms with van der Waals surface area (Å²) < 4.78 is 7.12. The van der Waals surface area contributed by atoms with Gasteiger partial charge in [-0.1, -0.05) is 176 Å². The number of thiophene rings is 1. The van der Waals surface area contributed by atoms with Crippen molar-refractivity contribution in [3.63, 3.8) is 0 Å². The smallest absolute Gasteiger partial charge is 0.238 e. The number of aromatic nitrogens is 5. The van der Waals surface area contributed by atoms with Gasteiger partial charge in [0.05, 0.1) is 22.1 Å². The van der Waals surface area contributed by atoms with Crippen molar-refractivity contribution in [1.29, 1.82) is 0 Å². The summed E-state index contributed by atoms with van der Waals surface area (Å²) in [5.74, 6) is 1.83. The van der Waals surface area contributed by atoms with Crippen molar-refractivity contribution < 1.29 is 0 Å². The van der Waals surface area contributed by atoms with Gasteiger partial charge in [-0.3, -0.25) is 4.57 Å². The number of hydrogen-bond acceptors (Lipinski definition) is 4. The summed E-state index contributed by atoms with van der Waals surface area (Å²) in [5.41, 5.74) is 12.0. The fourth-order valence-corrected chi connectivity index (χ4v) is 10.8. The van der Waals surface area contributed by atoms with Gasteiger partial charge in [0.25, 0.3) is 0 Å². The Morgan fingerprint density at radius 2 is 0.873 bits per heavy atom. The summed E-state index contributed by atoms with van der Waals surface area (Å²) in [4.78, 5) is 16.1. The van der Waals surface area contributed by atoms with Crippen molar-refractivity contribution in [2.24, 2.45) is 0 Å². The average molecular weight is 822 g/mol. The predicted octanol–water partition coefficient (Wildman–Crippen LogP) is 15.1. The van der Waals surface area contributed by atoms with E-state index in [4.69, 9.17) is 15.0 Å². The Hall–Kier alpha value is -8.19. The molecule has 0 unspecified atom stereocenters. The molecule has 9 aromatic carbocycles. The van der Waals surface area contributed by atoms with Gasteiger partial charge in [-0.25, -0.2) is 4.98 Å². The van der Waals surface area contributed by atoms with Crippen LogP contribution >= 0.6 is 11.3 Å². The fourth-order valence-electron chi connectivity index (χ4n) is 9.60. The molecule has 0 saturated carbocycles. The second-order valence-electron chi connectivity index (χ2n) is 16.0. The zero-order valence-electron chi connectivity index (χ0n) is 33.9. The van der Waals surface area contributed by atoms with Crippen molar-refractivity contribution >= 4 is 75.1 Å². The molecule has 13 rings (SSSR count). The minimum atomic E-state index is 0.567. The minimum Gasteiger partial charge on any atom is -0.307 e. The molecule has 0 radical (unpaired) electrons. The van der Waals surface area contributed by atoms with Crippen molar-refractivity contribution in [2.75, 3.05) is 0 Å². The molecule has 0 N–H and O–H groups in total. The third-order valence-corrected chi connectivity index (χ3v) is 13.6. The molecular formula is C57H35N5S. The van der Waals surface area contributed by atoms with Crippen molar-refractivity contribution in [1.82, 2.24) is 24.1 Å². The highest BCUT2D eigenvalue weighted by Crippen LogP contribution is 2.44. The van der Waals surface area contributed by atoms with E-state index < -0.39 is 0 Å². The normalized spacial score (nSPS) is 11.8. The highest BCUT2D eigenvalue weighted by molar-refractivity contribution is 7.26. The summed E-state index contributed by atoms with van der Waals surface area (Å²) in [6.07, 6.45) is 0. The standard InChI is InChI=1S/C57H35N5S/c1-4-17-36(18-5-1)40-32-31-39(35-48(40)37-19-6-2-7-20-37)61-49-28-13-10-23-41(49)44-33-34-45-42-24-11-14-29-50(42)62(53(45)52(44)61)57-59-55(38-21-8-3-9-22-38)58-56(60-57)47-27-16-26-46-43-25-12-15-30-51(43)63-54(46)47/h1-35H. The van der Waals surface area contributed by atoms with Crippen LogP contribution in [0.2, 0.25) is 0 Å². The van der Waals surface area contributed by atoms with Crippen LogP contribution in [0.25, 0.3) is 120 Å². The van der Waals surface area contributed by atoms with Crippen LogP contribution in [0.5, 0.6) is 0 Å². The van der Waals surface area contributed by atoms with Gasteiger partial charge in [-0.15, -0.1) is 11.3 Å². The topological polar surface area (TPSA) is 48.5 Å². The molecule has 0 aliphatic rings. The summed E-state index contributed by atoms with van der Waals surface area (Å²) in [5, 5.41) is 7.03. The lowest BCUT2D eigenvalue weighted by Crippen LogP contribution is -2.07. The number of nitrogens with zero attached hydrogens (tertiary/aromatic N) is 5. The number of benzene rings is 9. The number of fused-ring (bicyclic) bond motifs is 10. The molecule has 6 heteroatoms. The molecule has 0 aliphatic carbocycles. The van der Waals surface area contributed by atoms with E-state index in [0.29, 0.717) is 17.6 Å². The first-order chi connectivity index (χ1) is 31.3. The molecule has 63 heavy (non-hydrogen) atoms. The van der Waals surface area contributed by atoms with Crippen molar-refractivity contribution in [2.45, 2.75) is 0 Å². The van der Waals surface area contributed by atoms with Gasteiger partial charge in [-0.2, -0.15) is 9.97 Å². The van der Waals surface area contributed by atoms with E-state index >= 15 is 0 Å². The summed E-state index contributed by atoms with van der Waals surface area (Å²) in [6.45, 7) is 0. The fraction of sp³-hybridized carbons (Fsp3) is 0. The van der Waals surface area contributed by atoms with Crippen LogP contribution in [0.15, 0.2) is 212 Å². The Bertz CT molecular complexity index is 3900. The lowest BCUT2D eigenvalue weighted by Gasteiger charge is -2.16. The SMILES string of the molecule is c1ccc(-c2nc(-c3cccc4c3sc3ccccc34)nc(-n3c4ccccc4c4ccc5c6ccccc6n(-c6ccc(-c7ccccc7)c(-c7ccccc7)c6)c5c43)n2)cc1. The van der Waals surface area contributed by atoms with Crippen LogP contribution < -0.4 is 0 Å². The van der Waals surface area contributed by atoms with Gasteiger partial charge < -0.3 is 4.57 Å². The molecular weight excluding hydrogens is 787 g/mol. The van der Waals surface area contributed by atoms with Gasteiger partial charge in [0.15, 0.2) is 11.6 Å².